The number of aliphatic hydroxyl groups excluding tert-OH is 1. The number of nitrogens with zero attached hydrogens (tertiary/aromatic N) is 1. The van der Waals surface area contributed by atoms with Crippen LogP contribution in [0.3, 0.4) is 0 Å². The van der Waals surface area contributed by atoms with Crippen LogP contribution in [0, 0.1) is 0 Å². The van der Waals surface area contributed by atoms with Gasteiger partial charge in [-0.3, -0.25) is 0 Å². The molecule has 0 saturated carbocycles. The van der Waals surface area contributed by atoms with Crippen molar-refractivity contribution in [2.45, 2.75) is 24.8 Å². The lowest BCUT2D eigenvalue weighted by Gasteiger charge is -2.20. The Morgan fingerprint density at radius 1 is 1.33 bits per heavy atom. The Morgan fingerprint density at radius 3 is 2.67 bits per heavy atom. The van der Waals surface area contributed by atoms with Crippen LogP contribution in [-0.2, 0) is 4.79 Å². The molecule has 0 aromatic heterocycles. The summed E-state index contributed by atoms with van der Waals surface area (Å²) < 4.78 is 0. The van der Waals surface area contributed by atoms with E-state index in [9.17, 15) is 9.59 Å². The number of rotatable bonds is 5. The number of carboxylic acids is 1. The molecule has 1 aliphatic rings. The summed E-state index contributed by atoms with van der Waals surface area (Å²) >= 11 is 0. The van der Waals surface area contributed by atoms with E-state index in [0.717, 1.165) is 6.42 Å². The summed E-state index contributed by atoms with van der Waals surface area (Å²) in [7, 11) is 0. The normalized spacial score (nSPS) is 19.3. The molecule has 114 valence electrons. The molecule has 3 N–H and O–H groups in total. The standard InChI is InChI=1S/C15H20N2O4/c18-9-7-13(14(19)20)16-15(21)17-8-6-12(10-17)11-4-2-1-3-5-11/h1-5,12-13,18H,6-10H2,(H,16,21)(H,19,20). The average molecular weight is 292 g/mol. The molecule has 2 amide bonds. The number of nitrogens with one attached hydrogen (secondary N) is 1. The van der Waals surface area contributed by atoms with Gasteiger partial charge in [-0.2, -0.15) is 0 Å². The van der Waals surface area contributed by atoms with E-state index in [-0.39, 0.29) is 25.0 Å². The van der Waals surface area contributed by atoms with Crippen molar-refractivity contribution in [1.82, 2.24) is 10.2 Å². The molecule has 0 radical (unpaired) electrons. The predicted octanol–water partition coefficient (Wildman–Crippen LogP) is 1.02. The Labute approximate surface area is 123 Å². The molecule has 2 unspecified atom stereocenters. The third kappa shape index (κ3) is 3.95. The lowest BCUT2D eigenvalue weighted by Crippen LogP contribution is -2.47. The smallest absolute Gasteiger partial charge is 0.326 e. The molecule has 21 heavy (non-hydrogen) atoms. The highest BCUT2D eigenvalue weighted by molar-refractivity contribution is 5.82. The lowest BCUT2D eigenvalue weighted by molar-refractivity contribution is -0.139. The topological polar surface area (TPSA) is 89.9 Å². The molecule has 1 aromatic rings. The molecule has 0 aliphatic carbocycles. The lowest BCUT2D eigenvalue weighted by atomic mass is 9.99. The van der Waals surface area contributed by atoms with Gasteiger partial charge >= 0.3 is 12.0 Å². The first-order chi connectivity index (χ1) is 10.1. The molecule has 1 fully saturated rings. The summed E-state index contributed by atoms with van der Waals surface area (Å²) in [6, 6.07) is 8.55. The number of carbonyl (C=O) groups is 2. The second-order valence-electron chi connectivity index (χ2n) is 5.19. The van der Waals surface area contributed by atoms with Crippen molar-refractivity contribution in [1.29, 1.82) is 0 Å². The second-order valence-corrected chi connectivity index (χ2v) is 5.19. The highest BCUT2D eigenvalue weighted by atomic mass is 16.4. The Balaban J connectivity index is 1.91. The van der Waals surface area contributed by atoms with Crippen LogP contribution < -0.4 is 5.32 Å². The van der Waals surface area contributed by atoms with E-state index in [1.165, 1.54) is 5.56 Å². The second kappa shape index (κ2) is 7.08. The quantitative estimate of drug-likeness (QED) is 0.756. The fourth-order valence-electron chi connectivity index (χ4n) is 2.57. The molecule has 1 aliphatic heterocycles. The number of urea groups is 1. The molecule has 0 spiro atoms. The van der Waals surface area contributed by atoms with E-state index >= 15 is 0 Å². The zero-order chi connectivity index (χ0) is 15.2. The van der Waals surface area contributed by atoms with E-state index < -0.39 is 12.0 Å². The number of carboxylic acid groups (broad SMARTS) is 1. The van der Waals surface area contributed by atoms with Crippen LogP contribution in [0.25, 0.3) is 0 Å². The highest BCUT2D eigenvalue weighted by Crippen LogP contribution is 2.26. The van der Waals surface area contributed by atoms with Crippen molar-refractivity contribution in [3.63, 3.8) is 0 Å². The molecular weight excluding hydrogens is 272 g/mol. The van der Waals surface area contributed by atoms with Gasteiger partial charge in [-0.15, -0.1) is 0 Å². The zero-order valence-corrected chi connectivity index (χ0v) is 11.7. The molecular formula is C15H20N2O4. The largest absolute Gasteiger partial charge is 0.480 e. The fraction of sp³-hybridized carbons (Fsp3) is 0.467. The first-order valence-electron chi connectivity index (χ1n) is 7.06. The minimum absolute atomic E-state index is 0.0109. The molecule has 2 atom stereocenters. The summed E-state index contributed by atoms with van der Waals surface area (Å²) in [5.41, 5.74) is 1.19. The van der Waals surface area contributed by atoms with Crippen LogP contribution in [-0.4, -0.2) is 52.9 Å². The van der Waals surface area contributed by atoms with Crippen molar-refractivity contribution < 1.29 is 19.8 Å². The van der Waals surface area contributed by atoms with Gasteiger partial charge in [0.25, 0.3) is 0 Å². The maximum atomic E-state index is 12.1. The summed E-state index contributed by atoms with van der Waals surface area (Å²) in [5, 5.41) is 20.3. The van der Waals surface area contributed by atoms with Gasteiger partial charge in [0.2, 0.25) is 0 Å². The number of hydrogen-bond acceptors (Lipinski definition) is 3. The van der Waals surface area contributed by atoms with Gasteiger partial charge in [0.05, 0.1) is 0 Å². The number of benzene rings is 1. The molecule has 1 heterocycles. The van der Waals surface area contributed by atoms with Crippen molar-refractivity contribution in [2.24, 2.45) is 0 Å². The van der Waals surface area contributed by atoms with Crippen molar-refractivity contribution in [3.8, 4) is 0 Å². The molecule has 1 aromatic carbocycles. The SMILES string of the molecule is O=C(O)C(CCO)NC(=O)N1CCC(c2ccccc2)C1. The fourth-order valence-corrected chi connectivity index (χ4v) is 2.57. The summed E-state index contributed by atoms with van der Waals surface area (Å²) in [5.74, 6) is -0.839. The van der Waals surface area contributed by atoms with Crippen LogP contribution in [0.5, 0.6) is 0 Å². The first-order valence-corrected chi connectivity index (χ1v) is 7.06. The number of aliphatic carboxylic acids is 1. The van der Waals surface area contributed by atoms with E-state index in [4.69, 9.17) is 10.2 Å². The minimum Gasteiger partial charge on any atom is -0.480 e. The van der Waals surface area contributed by atoms with E-state index in [1.807, 2.05) is 30.3 Å². The van der Waals surface area contributed by atoms with Gasteiger partial charge in [-0.05, 0) is 12.0 Å². The Morgan fingerprint density at radius 2 is 2.05 bits per heavy atom. The number of aliphatic hydroxyl groups is 1. The van der Waals surface area contributed by atoms with Crippen LogP contribution in [0.2, 0.25) is 0 Å². The Hall–Kier alpha value is -2.08. The van der Waals surface area contributed by atoms with Crippen LogP contribution >= 0.6 is 0 Å². The van der Waals surface area contributed by atoms with Crippen LogP contribution in [0.4, 0.5) is 4.79 Å². The van der Waals surface area contributed by atoms with Gasteiger partial charge < -0.3 is 20.4 Å². The van der Waals surface area contributed by atoms with E-state index in [0.29, 0.717) is 13.1 Å². The summed E-state index contributed by atoms with van der Waals surface area (Å²) in [6.45, 7) is 0.919. The summed E-state index contributed by atoms with van der Waals surface area (Å²) in [4.78, 5) is 24.7. The third-order valence-corrected chi connectivity index (χ3v) is 3.76. The van der Waals surface area contributed by atoms with Crippen LogP contribution in [0.15, 0.2) is 30.3 Å². The van der Waals surface area contributed by atoms with Gasteiger partial charge in [0.1, 0.15) is 6.04 Å². The number of amides is 2. The molecule has 1 saturated heterocycles. The summed E-state index contributed by atoms with van der Waals surface area (Å²) in [6.07, 6.45) is 0.881. The molecule has 0 bridgehead atoms. The number of likely N-dealkylation sites (tertiary alicyclic amines) is 1. The van der Waals surface area contributed by atoms with E-state index in [1.54, 1.807) is 4.90 Å². The maximum absolute atomic E-state index is 12.1. The first kappa shape index (κ1) is 15.3. The third-order valence-electron chi connectivity index (χ3n) is 3.76. The van der Waals surface area contributed by atoms with Crippen molar-refractivity contribution in [3.05, 3.63) is 35.9 Å². The monoisotopic (exact) mass is 292 g/mol. The Bertz CT molecular complexity index is 492. The van der Waals surface area contributed by atoms with E-state index in [2.05, 4.69) is 5.32 Å². The van der Waals surface area contributed by atoms with Gasteiger partial charge in [0.15, 0.2) is 0 Å². The molecule has 2 rings (SSSR count). The van der Waals surface area contributed by atoms with Gasteiger partial charge in [-0.25, -0.2) is 9.59 Å². The minimum atomic E-state index is -1.13. The van der Waals surface area contributed by atoms with Gasteiger partial charge in [0, 0.05) is 32.0 Å². The van der Waals surface area contributed by atoms with Crippen molar-refractivity contribution >= 4 is 12.0 Å². The van der Waals surface area contributed by atoms with Crippen molar-refractivity contribution in [2.75, 3.05) is 19.7 Å². The Kier molecular flexibility index (Phi) is 5.16. The molecule has 6 nitrogen and oxygen atoms in total. The molecule has 6 heteroatoms. The maximum Gasteiger partial charge on any atom is 0.326 e. The number of carbonyl (C=O) groups excluding carboxylic acids is 1. The highest BCUT2D eigenvalue weighted by Gasteiger charge is 2.29. The zero-order valence-electron chi connectivity index (χ0n) is 11.7. The number of hydrogen-bond donors (Lipinski definition) is 3. The van der Waals surface area contributed by atoms with Crippen LogP contribution in [0.1, 0.15) is 24.3 Å². The van der Waals surface area contributed by atoms with Gasteiger partial charge in [-0.1, -0.05) is 30.3 Å². The average Bonchev–Trinajstić information content (AvgIpc) is 2.97. The predicted molar refractivity (Wildman–Crippen MR) is 77.0 cm³/mol.